The van der Waals surface area contributed by atoms with E-state index < -0.39 is 46.6 Å². The van der Waals surface area contributed by atoms with Crippen molar-refractivity contribution in [1.82, 2.24) is 4.57 Å². The second-order valence-electron chi connectivity index (χ2n) is 7.31. The van der Waals surface area contributed by atoms with E-state index in [2.05, 4.69) is 5.10 Å². The highest BCUT2D eigenvalue weighted by Gasteiger charge is 2.37. The van der Waals surface area contributed by atoms with Gasteiger partial charge in [0.1, 0.15) is 12.2 Å². The lowest BCUT2D eigenvalue weighted by molar-refractivity contribution is -0.143. The number of halogens is 5. The highest BCUT2D eigenvalue weighted by molar-refractivity contribution is 6.32. The molecule has 1 aromatic heterocycles. The summed E-state index contributed by atoms with van der Waals surface area (Å²) in [6, 6.07) is 6.96. The predicted molar refractivity (Wildman–Crippen MR) is 113 cm³/mol. The van der Waals surface area contributed by atoms with Gasteiger partial charge in [0.15, 0.2) is 23.3 Å². The van der Waals surface area contributed by atoms with Crippen molar-refractivity contribution in [2.75, 3.05) is 11.6 Å². The maximum Gasteiger partial charge on any atom is 0.325 e. The van der Waals surface area contributed by atoms with Gasteiger partial charge < -0.3 is 9.30 Å². The normalized spacial score (nSPS) is 14.9. The van der Waals surface area contributed by atoms with Gasteiger partial charge in [-0.15, -0.1) is 0 Å². The quantitative estimate of drug-likeness (QED) is 0.176. The minimum atomic E-state index is -2.34. The van der Waals surface area contributed by atoms with Crippen molar-refractivity contribution in [2.24, 2.45) is 5.10 Å². The van der Waals surface area contributed by atoms with Crippen molar-refractivity contribution in [3.8, 4) is 0 Å². The third-order valence-electron chi connectivity index (χ3n) is 5.19. The number of fused-ring (bicyclic) bond motifs is 1. The molecule has 4 rings (SSSR count). The van der Waals surface area contributed by atoms with Crippen LogP contribution in [0, 0.1) is 29.1 Å². The molecule has 176 valence electrons. The molecule has 0 atom stereocenters. The van der Waals surface area contributed by atoms with Crippen LogP contribution in [0.3, 0.4) is 0 Å². The number of hydrogen-bond donors (Lipinski definition) is 0. The second-order valence-corrected chi connectivity index (χ2v) is 7.31. The number of amides is 1. The van der Waals surface area contributed by atoms with Crippen LogP contribution >= 0.6 is 0 Å². The Bertz CT molecular complexity index is 1380. The molecule has 3 aromatic rings. The zero-order valence-electron chi connectivity index (χ0n) is 17.8. The molecular formula is C23H16F5N3O3. The van der Waals surface area contributed by atoms with Crippen molar-refractivity contribution in [3.05, 3.63) is 70.7 Å². The standard InChI is InChI=1S/C23H16F5N3O3/c1-3-34-16(32)10-30-9-12(13-6-4-5-7-15(13)30)8-14-11(2)29-31(23(14)33)22-20(27)18(25)17(24)19(26)21(22)28/h4-9H,3,10H2,1-2H3/b14-8-. The summed E-state index contributed by atoms with van der Waals surface area (Å²) in [6.45, 7) is 3.13. The number of benzene rings is 2. The Morgan fingerprint density at radius 2 is 1.65 bits per heavy atom. The summed E-state index contributed by atoms with van der Waals surface area (Å²) in [6.07, 6.45) is 2.95. The maximum atomic E-state index is 14.3. The number of carbonyl (C=O) groups excluding carboxylic acids is 2. The van der Waals surface area contributed by atoms with Gasteiger partial charge in [-0.3, -0.25) is 9.59 Å². The average Bonchev–Trinajstić information content (AvgIpc) is 3.29. The second kappa shape index (κ2) is 8.73. The summed E-state index contributed by atoms with van der Waals surface area (Å²) in [7, 11) is 0. The molecule has 2 heterocycles. The molecule has 2 aromatic carbocycles. The maximum absolute atomic E-state index is 14.3. The number of hydrogen-bond acceptors (Lipinski definition) is 4. The summed E-state index contributed by atoms with van der Waals surface area (Å²) in [5.41, 5.74) is -0.468. The largest absolute Gasteiger partial charge is 0.465 e. The van der Waals surface area contributed by atoms with Gasteiger partial charge >= 0.3 is 5.97 Å². The van der Waals surface area contributed by atoms with Crippen molar-refractivity contribution in [3.63, 3.8) is 0 Å². The molecular weight excluding hydrogens is 461 g/mol. The SMILES string of the molecule is CCOC(=O)Cn1cc(/C=C2\C(=O)N(c3c(F)c(F)c(F)c(F)c3F)N=C2C)c2ccccc21. The molecule has 34 heavy (non-hydrogen) atoms. The number of anilines is 1. The van der Waals surface area contributed by atoms with Crippen molar-refractivity contribution < 1.29 is 36.3 Å². The minimum Gasteiger partial charge on any atom is -0.465 e. The number of carbonyl (C=O) groups is 2. The molecule has 0 saturated carbocycles. The molecule has 6 nitrogen and oxygen atoms in total. The van der Waals surface area contributed by atoms with E-state index >= 15 is 0 Å². The van der Waals surface area contributed by atoms with E-state index in [1.165, 1.54) is 13.0 Å². The summed E-state index contributed by atoms with van der Waals surface area (Å²) >= 11 is 0. The Labute approximate surface area is 189 Å². The fourth-order valence-electron chi connectivity index (χ4n) is 3.64. The molecule has 1 aliphatic rings. The van der Waals surface area contributed by atoms with E-state index in [0.717, 1.165) is 0 Å². The van der Waals surface area contributed by atoms with Gasteiger partial charge in [-0.2, -0.15) is 10.1 Å². The van der Waals surface area contributed by atoms with E-state index in [4.69, 9.17) is 4.74 Å². The zero-order valence-corrected chi connectivity index (χ0v) is 17.8. The third-order valence-corrected chi connectivity index (χ3v) is 5.19. The molecule has 1 aliphatic heterocycles. The summed E-state index contributed by atoms with van der Waals surface area (Å²) < 4.78 is 75.8. The van der Waals surface area contributed by atoms with Gasteiger partial charge in [0.05, 0.1) is 17.9 Å². The van der Waals surface area contributed by atoms with Crippen LogP contribution in [0.5, 0.6) is 0 Å². The Hall–Kier alpha value is -4.02. The Kier molecular flexibility index (Phi) is 5.94. The highest BCUT2D eigenvalue weighted by Crippen LogP contribution is 2.34. The smallest absolute Gasteiger partial charge is 0.325 e. The number of para-hydroxylation sites is 1. The molecule has 0 radical (unpaired) electrons. The van der Waals surface area contributed by atoms with Crippen LogP contribution in [0.2, 0.25) is 0 Å². The Balaban J connectivity index is 1.78. The van der Waals surface area contributed by atoms with Crippen molar-refractivity contribution in [1.29, 1.82) is 0 Å². The fraction of sp³-hybridized carbons (Fsp3) is 0.174. The van der Waals surface area contributed by atoms with Crippen LogP contribution in [0.4, 0.5) is 27.6 Å². The number of rotatable bonds is 5. The van der Waals surface area contributed by atoms with E-state index in [1.807, 2.05) is 0 Å². The summed E-state index contributed by atoms with van der Waals surface area (Å²) in [4.78, 5) is 24.9. The van der Waals surface area contributed by atoms with E-state index in [9.17, 15) is 31.5 Å². The van der Waals surface area contributed by atoms with Gasteiger partial charge in [-0.05, 0) is 26.0 Å². The van der Waals surface area contributed by atoms with Gasteiger partial charge in [-0.25, -0.2) is 22.0 Å². The van der Waals surface area contributed by atoms with Gasteiger partial charge in [-0.1, -0.05) is 18.2 Å². The molecule has 0 fully saturated rings. The van der Waals surface area contributed by atoms with Crippen LogP contribution in [0.25, 0.3) is 17.0 Å². The lowest BCUT2D eigenvalue weighted by Crippen LogP contribution is -2.25. The minimum absolute atomic E-state index is 0.00355. The third kappa shape index (κ3) is 3.72. The number of hydrazone groups is 1. The number of aromatic nitrogens is 1. The van der Waals surface area contributed by atoms with Crippen LogP contribution in [0.15, 0.2) is 41.1 Å². The van der Waals surface area contributed by atoms with E-state index in [0.29, 0.717) is 16.5 Å². The van der Waals surface area contributed by atoms with Crippen LogP contribution in [-0.4, -0.2) is 28.8 Å². The fourth-order valence-corrected chi connectivity index (χ4v) is 3.64. The van der Waals surface area contributed by atoms with Crippen LogP contribution in [0.1, 0.15) is 19.4 Å². The molecule has 11 heteroatoms. The highest BCUT2D eigenvalue weighted by atomic mass is 19.2. The lowest BCUT2D eigenvalue weighted by atomic mass is 10.1. The van der Waals surface area contributed by atoms with Gasteiger partial charge in [0.25, 0.3) is 5.91 Å². The monoisotopic (exact) mass is 477 g/mol. The molecule has 0 saturated heterocycles. The van der Waals surface area contributed by atoms with Gasteiger partial charge in [0.2, 0.25) is 5.82 Å². The average molecular weight is 477 g/mol. The first-order valence-corrected chi connectivity index (χ1v) is 10.0. The molecule has 0 bridgehead atoms. The topological polar surface area (TPSA) is 63.9 Å². The number of ether oxygens (including phenoxy) is 1. The molecule has 0 unspecified atom stereocenters. The first-order chi connectivity index (χ1) is 16.1. The predicted octanol–water partition coefficient (Wildman–Crippen LogP) is 4.71. The Morgan fingerprint density at radius 3 is 2.29 bits per heavy atom. The number of esters is 1. The summed E-state index contributed by atoms with van der Waals surface area (Å²) in [5.74, 6) is -12.6. The summed E-state index contributed by atoms with van der Waals surface area (Å²) in [5, 5.41) is 4.52. The van der Waals surface area contributed by atoms with E-state index in [1.54, 1.807) is 42.0 Å². The van der Waals surface area contributed by atoms with Crippen molar-refractivity contribution in [2.45, 2.75) is 20.4 Å². The Morgan fingerprint density at radius 1 is 1.03 bits per heavy atom. The number of nitrogens with zero attached hydrogens (tertiary/aromatic N) is 3. The zero-order chi connectivity index (χ0) is 24.7. The van der Waals surface area contributed by atoms with Crippen LogP contribution < -0.4 is 5.01 Å². The lowest BCUT2D eigenvalue weighted by Gasteiger charge is -2.15. The molecule has 1 amide bonds. The van der Waals surface area contributed by atoms with Gasteiger partial charge in [0, 0.05) is 22.7 Å². The molecule has 0 spiro atoms. The van der Waals surface area contributed by atoms with Crippen molar-refractivity contribution >= 4 is 40.3 Å². The molecule has 0 N–H and O–H groups in total. The first-order valence-electron chi connectivity index (χ1n) is 10.0. The first kappa shape index (κ1) is 23.1. The van der Waals surface area contributed by atoms with Crippen LogP contribution in [-0.2, 0) is 20.9 Å². The van der Waals surface area contributed by atoms with E-state index in [-0.39, 0.29) is 29.4 Å². The molecule has 0 aliphatic carbocycles.